The molecule has 124 valence electrons. The van der Waals surface area contributed by atoms with Gasteiger partial charge in [0.15, 0.2) is 5.78 Å². The van der Waals surface area contributed by atoms with Gasteiger partial charge in [-0.05, 0) is 80.5 Å². The second-order valence-electron chi connectivity index (χ2n) is 10.1. The van der Waals surface area contributed by atoms with Crippen molar-refractivity contribution in [1.29, 1.82) is 0 Å². The number of hydrogen-bond donors (Lipinski definition) is 1. The molecule has 2 bridgehead atoms. The van der Waals surface area contributed by atoms with Crippen molar-refractivity contribution >= 4 is 5.78 Å². The highest BCUT2D eigenvalue weighted by Crippen LogP contribution is 2.71. The van der Waals surface area contributed by atoms with Gasteiger partial charge in [0.1, 0.15) is 5.60 Å². The van der Waals surface area contributed by atoms with Crippen LogP contribution in [0.15, 0.2) is 0 Å². The molecule has 6 atom stereocenters. The number of aliphatic hydroxyl groups is 1. The molecule has 0 aromatic rings. The molecule has 1 N–H and O–H groups in total. The summed E-state index contributed by atoms with van der Waals surface area (Å²) >= 11 is 0. The molecule has 4 rings (SSSR count). The summed E-state index contributed by atoms with van der Waals surface area (Å²) < 4.78 is 0. The van der Waals surface area contributed by atoms with Crippen molar-refractivity contribution in [3.8, 4) is 0 Å². The third kappa shape index (κ3) is 1.58. The largest absolute Gasteiger partial charge is 0.382 e. The molecule has 1 spiro atoms. The van der Waals surface area contributed by atoms with E-state index in [1.165, 1.54) is 25.7 Å². The first kappa shape index (κ1) is 15.2. The highest BCUT2D eigenvalue weighted by Gasteiger charge is 2.70. The number of Topliss-reactive ketones (excluding diaryl/α,β-unsaturated/α-hetero) is 1. The highest BCUT2D eigenvalue weighted by molar-refractivity contribution is 5.95. The van der Waals surface area contributed by atoms with Crippen LogP contribution in [-0.4, -0.2) is 16.5 Å². The zero-order chi connectivity index (χ0) is 16.0. The van der Waals surface area contributed by atoms with Crippen LogP contribution in [-0.2, 0) is 4.79 Å². The lowest BCUT2D eigenvalue weighted by atomic mass is 9.41. The van der Waals surface area contributed by atoms with Crippen molar-refractivity contribution < 1.29 is 9.90 Å². The highest BCUT2D eigenvalue weighted by atomic mass is 16.3. The molecular weight excluding hydrogens is 272 g/mol. The number of carbonyl (C=O) groups excluding carboxylic acids is 1. The number of carbonyl (C=O) groups is 1. The number of rotatable bonds is 0. The number of ketones is 1. The maximum Gasteiger partial charge on any atom is 0.170 e. The molecule has 0 radical (unpaired) electrons. The fourth-order valence-corrected chi connectivity index (χ4v) is 7.80. The predicted octanol–water partition coefficient (Wildman–Crippen LogP) is 4.35. The van der Waals surface area contributed by atoms with Gasteiger partial charge < -0.3 is 5.11 Å². The Morgan fingerprint density at radius 2 is 1.68 bits per heavy atom. The second kappa shape index (κ2) is 4.18. The summed E-state index contributed by atoms with van der Waals surface area (Å²) in [5, 5.41) is 10.8. The average Bonchev–Trinajstić information content (AvgIpc) is 2.56. The van der Waals surface area contributed by atoms with Crippen LogP contribution in [0.25, 0.3) is 0 Å². The molecule has 0 aromatic heterocycles. The normalized spacial score (nSPS) is 56.4. The quantitative estimate of drug-likeness (QED) is 0.722. The topological polar surface area (TPSA) is 37.3 Å². The first-order valence-corrected chi connectivity index (χ1v) is 9.42. The SMILES string of the molecule is CC1(C)CCC[C@]2(C)[C@@H]1CC[C@@]13C[C@@H](CC[C@H]12)[C@@](C)(O)C3=O. The van der Waals surface area contributed by atoms with Gasteiger partial charge in [0.25, 0.3) is 0 Å². The van der Waals surface area contributed by atoms with E-state index < -0.39 is 5.60 Å². The van der Waals surface area contributed by atoms with Crippen molar-refractivity contribution in [1.82, 2.24) is 0 Å². The Morgan fingerprint density at radius 1 is 0.955 bits per heavy atom. The van der Waals surface area contributed by atoms with Gasteiger partial charge in [-0.25, -0.2) is 0 Å². The van der Waals surface area contributed by atoms with Gasteiger partial charge in [0.2, 0.25) is 0 Å². The molecule has 0 heterocycles. The van der Waals surface area contributed by atoms with Crippen molar-refractivity contribution in [3.05, 3.63) is 0 Å². The summed E-state index contributed by atoms with van der Waals surface area (Å²) in [4.78, 5) is 13.2. The van der Waals surface area contributed by atoms with E-state index in [4.69, 9.17) is 0 Å². The number of fused-ring (bicyclic) bond motifs is 3. The van der Waals surface area contributed by atoms with Gasteiger partial charge in [0.05, 0.1) is 0 Å². The average molecular weight is 304 g/mol. The third-order valence-electron chi connectivity index (χ3n) is 8.74. The van der Waals surface area contributed by atoms with Crippen LogP contribution in [0, 0.1) is 34.0 Å². The lowest BCUT2D eigenvalue weighted by molar-refractivity contribution is -0.164. The van der Waals surface area contributed by atoms with Crippen molar-refractivity contribution in [2.45, 2.75) is 84.7 Å². The van der Waals surface area contributed by atoms with E-state index >= 15 is 0 Å². The van der Waals surface area contributed by atoms with Crippen LogP contribution < -0.4 is 0 Å². The maximum absolute atomic E-state index is 13.2. The smallest absolute Gasteiger partial charge is 0.170 e. The minimum Gasteiger partial charge on any atom is -0.382 e. The summed E-state index contributed by atoms with van der Waals surface area (Å²) in [7, 11) is 0. The molecule has 0 saturated heterocycles. The summed E-state index contributed by atoms with van der Waals surface area (Å²) in [6, 6.07) is 0. The standard InChI is InChI=1S/C20H32O2/c1-17(2)9-5-10-18(3)14(17)8-11-20-12-13(6-7-15(18)20)19(4,22)16(20)21/h13-15,22H,5-12H2,1-4H3/t13-,14-,15+,18-,19-,20-/m1/s1. The Hall–Kier alpha value is -0.370. The Labute approximate surface area is 135 Å². The van der Waals surface area contributed by atoms with E-state index in [9.17, 15) is 9.90 Å². The van der Waals surface area contributed by atoms with Crippen molar-refractivity contribution in [2.75, 3.05) is 0 Å². The molecule has 22 heavy (non-hydrogen) atoms. The van der Waals surface area contributed by atoms with Gasteiger partial charge in [0, 0.05) is 5.41 Å². The van der Waals surface area contributed by atoms with E-state index in [2.05, 4.69) is 20.8 Å². The Morgan fingerprint density at radius 3 is 2.41 bits per heavy atom. The Kier molecular flexibility index (Phi) is 2.88. The molecular formula is C20H32O2. The van der Waals surface area contributed by atoms with Crippen LogP contribution >= 0.6 is 0 Å². The minimum atomic E-state index is -1.05. The molecule has 4 saturated carbocycles. The Balaban J connectivity index is 1.79. The van der Waals surface area contributed by atoms with E-state index in [1.807, 2.05) is 0 Å². The first-order chi connectivity index (χ1) is 10.1. The van der Waals surface area contributed by atoms with Crippen LogP contribution in [0.5, 0.6) is 0 Å². The molecule has 0 aromatic carbocycles. The molecule has 0 unspecified atom stereocenters. The Bertz CT molecular complexity index is 520. The zero-order valence-corrected chi connectivity index (χ0v) is 14.7. The van der Waals surface area contributed by atoms with Crippen molar-refractivity contribution in [3.63, 3.8) is 0 Å². The molecule has 0 aliphatic heterocycles. The lowest BCUT2D eigenvalue weighted by Gasteiger charge is -2.63. The van der Waals surface area contributed by atoms with Gasteiger partial charge in [-0.15, -0.1) is 0 Å². The van der Waals surface area contributed by atoms with E-state index in [1.54, 1.807) is 6.92 Å². The van der Waals surface area contributed by atoms with Gasteiger partial charge in [-0.3, -0.25) is 4.79 Å². The van der Waals surface area contributed by atoms with Crippen molar-refractivity contribution in [2.24, 2.45) is 34.0 Å². The van der Waals surface area contributed by atoms with Crippen LogP contribution in [0.3, 0.4) is 0 Å². The molecule has 4 aliphatic rings. The van der Waals surface area contributed by atoms with Crippen LogP contribution in [0.1, 0.15) is 79.1 Å². The summed E-state index contributed by atoms with van der Waals surface area (Å²) in [6.07, 6.45) is 9.33. The monoisotopic (exact) mass is 304 g/mol. The predicted molar refractivity (Wildman–Crippen MR) is 87.4 cm³/mol. The van der Waals surface area contributed by atoms with Gasteiger partial charge in [-0.1, -0.05) is 27.2 Å². The number of hydrogen-bond acceptors (Lipinski definition) is 2. The van der Waals surface area contributed by atoms with Crippen LogP contribution in [0.4, 0.5) is 0 Å². The molecule has 4 aliphatic carbocycles. The van der Waals surface area contributed by atoms with Crippen LogP contribution in [0.2, 0.25) is 0 Å². The second-order valence-corrected chi connectivity index (χ2v) is 10.1. The summed E-state index contributed by atoms with van der Waals surface area (Å²) in [6.45, 7) is 9.19. The molecule has 2 nitrogen and oxygen atoms in total. The van der Waals surface area contributed by atoms with E-state index in [0.717, 1.165) is 31.6 Å². The summed E-state index contributed by atoms with van der Waals surface area (Å²) in [5.74, 6) is 1.68. The van der Waals surface area contributed by atoms with Gasteiger partial charge in [-0.2, -0.15) is 0 Å². The first-order valence-electron chi connectivity index (χ1n) is 9.42. The van der Waals surface area contributed by atoms with Gasteiger partial charge >= 0.3 is 0 Å². The minimum absolute atomic E-state index is 0.189. The molecule has 4 fully saturated rings. The maximum atomic E-state index is 13.2. The zero-order valence-electron chi connectivity index (χ0n) is 14.7. The lowest BCUT2D eigenvalue weighted by Crippen LogP contribution is -2.58. The third-order valence-corrected chi connectivity index (χ3v) is 8.74. The fourth-order valence-electron chi connectivity index (χ4n) is 7.80. The summed E-state index contributed by atoms with van der Waals surface area (Å²) in [5.41, 5.74) is -0.524. The molecule has 2 heteroatoms. The fraction of sp³-hybridized carbons (Fsp3) is 0.950. The van der Waals surface area contributed by atoms with E-state index in [0.29, 0.717) is 16.7 Å². The molecule has 0 amide bonds. The van der Waals surface area contributed by atoms with E-state index in [-0.39, 0.29) is 17.1 Å².